The summed E-state index contributed by atoms with van der Waals surface area (Å²) in [6.07, 6.45) is -0.994. The Labute approximate surface area is 168 Å². The second kappa shape index (κ2) is 8.56. The number of aryl methyl sites for hydroxylation is 1. The number of anilines is 1. The van der Waals surface area contributed by atoms with Crippen molar-refractivity contribution >= 4 is 23.3 Å². The molecule has 1 atom stereocenters. The molecular formula is C23H21NO5. The van der Waals surface area contributed by atoms with Gasteiger partial charge >= 0.3 is 5.97 Å². The van der Waals surface area contributed by atoms with Crippen LogP contribution < -0.4 is 5.32 Å². The maximum atomic E-state index is 12.3. The number of ether oxygens (including phenoxy) is 1. The number of rotatable bonds is 6. The minimum Gasteiger partial charge on any atom is -0.449 e. The number of hydrogen-bond donors (Lipinski definition) is 1. The zero-order valence-electron chi connectivity index (χ0n) is 16.4. The molecule has 0 saturated heterocycles. The lowest BCUT2D eigenvalue weighted by atomic mass is 10.1. The van der Waals surface area contributed by atoms with Crippen LogP contribution in [-0.4, -0.2) is 23.8 Å². The van der Waals surface area contributed by atoms with Gasteiger partial charge in [0.1, 0.15) is 5.76 Å². The number of amides is 1. The van der Waals surface area contributed by atoms with E-state index in [1.807, 2.05) is 25.1 Å². The zero-order chi connectivity index (χ0) is 21.0. The largest absolute Gasteiger partial charge is 0.449 e. The van der Waals surface area contributed by atoms with Crippen molar-refractivity contribution in [3.05, 3.63) is 77.6 Å². The van der Waals surface area contributed by atoms with Crippen LogP contribution in [0.5, 0.6) is 0 Å². The fourth-order valence-electron chi connectivity index (χ4n) is 2.71. The fraction of sp³-hybridized carbons (Fsp3) is 0.174. The molecule has 0 aliphatic heterocycles. The molecule has 1 heterocycles. The maximum Gasteiger partial charge on any atom is 0.375 e. The fourth-order valence-corrected chi connectivity index (χ4v) is 2.71. The minimum absolute atomic E-state index is 0.00847. The average molecular weight is 391 g/mol. The summed E-state index contributed by atoms with van der Waals surface area (Å²) in [5.74, 6) is -0.744. The summed E-state index contributed by atoms with van der Waals surface area (Å²) >= 11 is 0. The number of Topliss-reactive ketones (excluding diaryl/α,β-unsaturated/α-hetero) is 1. The molecule has 1 aromatic heterocycles. The van der Waals surface area contributed by atoms with E-state index in [0.29, 0.717) is 17.0 Å². The molecule has 0 unspecified atom stereocenters. The highest BCUT2D eigenvalue weighted by Gasteiger charge is 2.21. The first-order valence-corrected chi connectivity index (χ1v) is 9.13. The van der Waals surface area contributed by atoms with Crippen LogP contribution in [0, 0.1) is 6.92 Å². The zero-order valence-corrected chi connectivity index (χ0v) is 16.4. The van der Waals surface area contributed by atoms with Crippen LogP contribution in [0.1, 0.15) is 40.3 Å². The van der Waals surface area contributed by atoms with Crippen molar-refractivity contribution in [2.24, 2.45) is 0 Å². The van der Waals surface area contributed by atoms with Gasteiger partial charge in [-0.25, -0.2) is 4.79 Å². The summed E-state index contributed by atoms with van der Waals surface area (Å²) < 4.78 is 10.8. The lowest BCUT2D eigenvalue weighted by Crippen LogP contribution is -2.29. The van der Waals surface area contributed by atoms with Gasteiger partial charge < -0.3 is 14.5 Å². The second-order valence-corrected chi connectivity index (χ2v) is 6.70. The summed E-state index contributed by atoms with van der Waals surface area (Å²) in [4.78, 5) is 35.9. The van der Waals surface area contributed by atoms with Crippen LogP contribution in [0.4, 0.5) is 5.69 Å². The summed E-state index contributed by atoms with van der Waals surface area (Å²) in [6.45, 7) is 4.90. The molecule has 6 nitrogen and oxygen atoms in total. The van der Waals surface area contributed by atoms with E-state index in [1.54, 1.807) is 36.4 Å². The van der Waals surface area contributed by atoms with Gasteiger partial charge in [-0.05, 0) is 50.6 Å². The Morgan fingerprint density at radius 2 is 1.72 bits per heavy atom. The van der Waals surface area contributed by atoms with Crippen molar-refractivity contribution < 1.29 is 23.5 Å². The van der Waals surface area contributed by atoms with Crippen LogP contribution in [-0.2, 0) is 9.53 Å². The van der Waals surface area contributed by atoms with Crippen LogP contribution in [0.2, 0.25) is 0 Å². The highest BCUT2D eigenvalue weighted by atomic mass is 16.6. The number of furan rings is 1. The Morgan fingerprint density at radius 1 is 1.00 bits per heavy atom. The third-order valence-electron chi connectivity index (χ3n) is 4.32. The molecule has 0 aliphatic carbocycles. The molecule has 0 bridgehead atoms. The Hall–Kier alpha value is -3.67. The molecule has 2 aromatic carbocycles. The molecule has 0 saturated carbocycles. The first kappa shape index (κ1) is 20.1. The van der Waals surface area contributed by atoms with Crippen molar-refractivity contribution in [2.75, 3.05) is 5.32 Å². The number of carbonyl (C=O) groups excluding carboxylic acids is 3. The average Bonchev–Trinajstić information content (AvgIpc) is 3.18. The summed E-state index contributed by atoms with van der Waals surface area (Å²) in [7, 11) is 0. The molecule has 0 radical (unpaired) electrons. The lowest BCUT2D eigenvalue weighted by molar-refractivity contribution is -0.123. The number of ketones is 1. The Kier molecular flexibility index (Phi) is 5.93. The molecule has 148 valence electrons. The second-order valence-electron chi connectivity index (χ2n) is 6.70. The van der Waals surface area contributed by atoms with Crippen molar-refractivity contribution in [1.29, 1.82) is 0 Å². The van der Waals surface area contributed by atoms with E-state index in [4.69, 9.17) is 9.15 Å². The van der Waals surface area contributed by atoms with E-state index in [0.717, 1.165) is 11.1 Å². The van der Waals surface area contributed by atoms with Gasteiger partial charge in [-0.15, -0.1) is 0 Å². The Bertz CT molecular complexity index is 1050. The van der Waals surface area contributed by atoms with Crippen molar-refractivity contribution in [3.8, 4) is 11.3 Å². The van der Waals surface area contributed by atoms with Gasteiger partial charge in [0.05, 0.1) is 0 Å². The monoisotopic (exact) mass is 391 g/mol. The third-order valence-corrected chi connectivity index (χ3v) is 4.32. The van der Waals surface area contributed by atoms with Crippen LogP contribution >= 0.6 is 0 Å². The van der Waals surface area contributed by atoms with Gasteiger partial charge in [0, 0.05) is 16.8 Å². The van der Waals surface area contributed by atoms with E-state index < -0.39 is 18.0 Å². The standard InChI is InChI=1S/C23H21NO5/c1-14-5-4-6-19(13-14)24-22(26)16(3)28-23(27)21-12-11-20(29-21)18-9-7-17(8-10-18)15(2)25/h4-13,16H,1-3H3,(H,24,26)/t16-/m1/s1. The van der Waals surface area contributed by atoms with Gasteiger partial charge in [-0.3, -0.25) is 9.59 Å². The molecular weight excluding hydrogens is 370 g/mol. The summed E-state index contributed by atoms with van der Waals surface area (Å²) in [5, 5.41) is 2.71. The van der Waals surface area contributed by atoms with E-state index in [2.05, 4.69) is 5.32 Å². The van der Waals surface area contributed by atoms with E-state index >= 15 is 0 Å². The van der Waals surface area contributed by atoms with E-state index in [-0.39, 0.29) is 11.5 Å². The highest BCUT2D eigenvalue weighted by molar-refractivity contribution is 5.97. The minimum atomic E-state index is -0.994. The summed E-state index contributed by atoms with van der Waals surface area (Å²) in [5.41, 5.74) is 2.95. The molecule has 6 heteroatoms. The van der Waals surface area contributed by atoms with Crippen LogP contribution in [0.3, 0.4) is 0 Å². The van der Waals surface area contributed by atoms with Gasteiger partial charge in [0.15, 0.2) is 11.9 Å². The highest BCUT2D eigenvalue weighted by Crippen LogP contribution is 2.23. The number of hydrogen-bond acceptors (Lipinski definition) is 5. The SMILES string of the molecule is CC(=O)c1ccc(-c2ccc(C(=O)O[C@H](C)C(=O)Nc3cccc(C)c3)o2)cc1. The first-order valence-electron chi connectivity index (χ1n) is 9.13. The van der Waals surface area contributed by atoms with Crippen molar-refractivity contribution in [3.63, 3.8) is 0 Å². The number of nitrogens with one attached hydrogen (secondary N) is 1. The number of esters is 1. The molecule has 0 fully saturated rings. The Balaban J connectivity index is 1.63. The molecule has 1 amide bonds. The van der Waals surface area contributed by atoms with Crippen molar-refractivity contribution in [2.45, 2.75) is 26.9 Å². The normalized spacial score (nSPS) is 11.6. The molecule has 0 spiro atoms. The molecule has 1 N–H and O–H groups in total. The predicted octanol–water partition coefficient (Wildman–Crippen LogP) is 4.64. The smallest absolute Gasteiger partial charge is 0.375 e. The van der Waals surface area contributed by atoms with Crippen LogP contribution in [0.25, 0.3) is 11.3 Å². The molecule has 29 heavy (non-hydrogen) atoms. The molecule has 3 rings (SSSR count). The predicted molar refractivity (Wildman–Crippen MR) is 109 cm³/mol. The topological polar surface area (TPSA) is 85.6 Å². The van der Waals surface area contributed by atoms with Crippen molar-refractivity contribution in [1.82, 2.24) is 0 Å². The van der Waals surface area contributed by atoms with Crippen LogP contribution in [0.15, 0.2) is 65.1 Å². The number of carbonyl (C=O) groups is 3. The van der Waals surface area contributed by atoms with E-state index in [9.17, 15) is 14.4 Å². The van der Waals surface area contributed by atoms with Gasteiger partial charge in [0.25, 0.3) is 5.91 Å². The Morgan fingerprint density at radius 3 is 2.38 bits per heavy atom. The van der Waals surface area contributed by atoms with Gasteiger partial charge in [-0.2, -0.15) is 0 Å². The summed E-state index contributed by atoms with van der Waals surface area (Å²) in [6, 6.07) is 17.3. The van der Waals surface area contributed by atoms with E-state index in [1.165, 1.54) is 19.9 Å². The van der Waals surface area contributed by atoms with Gasteiger partial charge in [0.2, 0.25) is 5.76 Å². The molecule has 0 aliphatic rings. The molecule has 3 aromatic rings. The number of benzene rings is 2. The first-order chi connectivity index (χ1) is 13.8. The van der Waals surface area contributed by atoms with Gasteiger partial charge in [-0.1, -0.05) is 36.4 Å². The maximum absolute atomic E-state index is 12.3. The third kappa shape index (κ3) is 4.99. The lowest BCUT2D eigenvalue weighted by Gasteiger charge is -2.13. The quantitative estimate of drug-likeness (QED) is 0.489.